The van der Waals surface area contributed by atoms with E-state index in [1.165, 1.54) is 0 Å². The van der Waals surface area contributed by atoms with Crippen molar-refractivity contribution >= 4 is 35.2 Å². The van der Waals surface area contributed by atoms with E-state index in [0.717, 1.165) is 9.39 Å². The van der Waals surface area contributed by atoms with Crippen molar-refractivity contribution in [1.29, 1.82) is 0 Å². The van der Waals surface area contributed by atoms with Gasteiger partial charge in [-0.05, 0) is 47.1 Å². The standard InChI is InChI=1S/C6H7BINO2/c1-4-2-5(7(10)11)3-6(8)9-4/h2-3,10-11H,1H3. The molecule has 1 aromatic heterocycles. The lowest BCUT2D eigenvalue weighted by molar-refractivity contribution is 0.425. The fourth-order valence-corrected chi connectivity index (χ4v) is 1.54. The van der Waals surface area contributed by atoms with Crippen LogP contribution >= 0.6 is 22.6 Å². The summed E-state index contributed by atoms with van der Waals surface area (Å²) in [5.74, 6) is 0. The van der Waals surface area contributed by atoms with Crippen molar-refractivity contribution in [1.82, 2.24) is 4.98 Å². The second-order valence-corrected chi connectivity index (χ2v) is 3.34. The van der Waals surface area contributed by atoms with Crippen LogP contribution in [-0.4, -0.2) is 22.2 Å². The van der Waals surface area contributed by atoms with Crippen molar-refractivity contribution in [3.05, 3.63) is 21.5 Å². The van der Waals surface area contributed by atoms with E-state index in [2.05, 4.69) is 4.98 Å². The number of halogens is 1. The minimum atomic E-state index is -1.40. The number of hydrogen-bond acceptors (Lipinski definition) is 3. The molecule has 0 amide bonds. The quantitative estimate of drug-likeness (QED) is 0.414. The first kappa shape index (κ1) is 8.96. The maximum atomic E-state index is 8.80. The molecule has 5 heteroatoms. The van der Waals surface area contributed by atoms with E-state index in [4.69, 9.17) is 10.0 Å². The lowest BCUT2D eigenvalue weighted by Gasteiger charge is -2.00. The molecular weight excluding hydrogens is 256 g/mol. The maximum absolute atomic E-state index is 8.80. The smallest absolute Gasteiger partial charge is 0.423 e. The molecule has 0 aromatic carbocycles. The summed E-state index contributed by atoms with van der Waals surface area (Å²) in [5.41, 5.74) is 1.28. The van der Waals surface area contributed by atoms with E-state index < -0.39 is 7.12 Å². The van der Waals surface area contributed by atoms with Gasteiger partial charge in [-0.25, -0.2) is 4.98 Å². The Morgan fingerprint density at radius 1 is 1.45 bits per heavy atom. The third-order valence-electron chi connectivity index (χ3n) is 1.24. The molecule has 1 heterocycles. The zero-order valence-corrected chi connectivity index (χ0v) is 8.11. The molecule has 0 atom stereocenters. The van der Waals surface area contributed by atoms with Gasteiger partial charge in [0, 0.05) is 5.69 Å². The van der Waals surface area contributed by atoms with Crippen LogP contribution in [0.5, 0.6) is 0 Å². The third kappa shape index (κ3) is 2.42. The minimum Gasteiger partial charge on any atom is -0.423 e. The molecule has 0 fully saturated rings. The first-order valence-electron chi connectivity index (χ1n) is 3.10. The maximum Gasteiger partial charge on any atom is 0.488 e. The summed E-state index contributed by atoms with van der Waals surface area (Å²) < 4.78 is 0.769. The van der Waals surface area contributed by atoms with Crippen LogP contribution in [0.2, 0.25) is 0 Å². The normalized spacial score (nSPS) is 9.82. The lowest BCUT2D eigenvalue weighted by atomic mass is 9.81. The highest BCUT2D eigenvalue weighted by atomic mass is 127. The Labute approximate surface area is 78.8 Å². The Morgan fingerprint density at radius 3 is 2.55 bits per heavy atom. The van der Waals surface area contributed by atoms with Gasteiger partial charge in [0.25, 0.3) is 0 Å². The first-order chi connectivity index (χ1) is 5.09. The van der Waals surface area contributed by atoms with Gasteiger partial charge in [0.1, 0.15) is 3.70 Å². The summed E-state index contributed by atoms with van der Waals surface area (Å²) in [7, 11) is -1.40. The average Bonchev–Trinajstić information content (AvgIpc) is 1.85. The highest BCUT2D eigenvalue weighted by Crippen LogP contribution is 1.99. The van der Waals surface area contributed by atoms with Crippen molar-refractivity contribution in [3.63, 3.8) is 0 Å². The molecule has 0 saturated carbocycles. The molecule has 1 rings (SSSR count). The molecule has 0 bridgehead atoms. The molecule has 0 radical (unpaired) electrons. The number of aromatic nitrogens is 1. The van der Waals surface area contributed by atoms with Gasteiger partial charge in [-0.15, -0.1) is 0 Å². The van der Waals surface area contributed by atoms with Crippen LogP contribution in [0.15, 0.2) is 12.1 Å². The van der Waals surface area contributed by atoms with E-state index in [-0.39, 0.29) is 0 Å². The van der Waals surface area contributed by atoms with Gasteiger partial charge in [-0.1, -0.05) is 0 Å². The number of pyridine rings is 1. The molecule has 11 heavy (non-hydrogen) atoms. The zero-order chi connectivity index (χ0) is 8.43. The van der Waals surface area contributed by atoms with Gasteiger partial charge in [0.15, 0.2) is 0 Å². The molecule has 3 nitrogen and oxygen atoms in total. The Bertz CT molecular complexity index is 247. The Morgan fingerprint density at radius 2 is 2.09 bits per heavy atom. The third-order valence-corrected chi connectivity index (χ3v) is 1.80. The van der Waals surface area contributed by atoms with E-state index >= 15 is 0 Å². The Hall–Kier alpha value is -0.135. The van der Waals surface area contributed by atoms with Crippen LogP contribution in [0.3, 0.4) is 0 Å². The topological polar surface area (TPSA) is 53.4 Å². The van der Waals surface area contributed by atoms with Gasteiger partial charge in [-0.2, -0.15) is 0 Å². The molecular formula is C6H7BINO2. The average molecular weight is 263 g/mol. The number of hydrogen-bond donors (Lipinski definition) is 2. The van der Waals surface area contributed by atoms with Gasteiger partial charge in [0.05, 0.1) is 0 Å². The molecule has 1 aromatic rings. The summed E-state index contributed by atoms with van der Waals surface area (Å²) in [6, 6.07) is 3.28. The zero-order valence-electron chi connectivity index (χ0n) is 5.95. The molecule has 0 saturated heterocycles. The molecule has 0 aliphatic rings. The number of rotatable bonds is 1. The minimum absolute atomic E-state index is 0.488. The first-order valence-corrected chi connectivity index (χ1v) is 4.17. The second kappa shape index (κ2) is 3.51. The lowest BCUT2D eigenvalue weighted by Crippen LogP contribution is -2.30. The SMILES string of the molecule is Cc1cc(B(O)O)cc(I)n1. The van der Waals surface area contributed by atoms with Crippen molar-refractivity contribution in [2.45, 2.75) is 6.92 Å². The molecule has 2 N–H and O–H groups in total. The van der Waals surface area contributed by atoms with Crippen molar-refractivity contribution in [2.24, 2.45) is 0 Å². The largest absolute Gasteiger partial charge is 0.488 e. The van der Waals surface area contributed by atoms with Crippen LogP contribution in [-0.2, 0) is 0 Å². The van der Waals surface area contributed by atoms with Gasteiger partial charge < -0.3 is 10.0 Å². The highest BCUT2D eigenvalue weighted by molar-refractivity contribution is 14.1. The molecule has 58 valence electrons. The summed E-state index contributed by atoms with van der Waals surface area (Å²) in [6.07, 6.45) is 0. The van der Waals surface area contributed by atoms with Crippen LogP contribution in [0, 0.1) is 10.6 Å². The number of aryl methyl sites for hydroxylation is 1. The predicted molar refractivity (Wildman–Crippen MR) is 51.5 cm³/mol. The molecule has 0 unspecified atom stereocenters. The van der Waals surface area contributed by atoms with Crippen LogP contribution in [0.4, 0.5) is 0 Å². The monoisotopic (exact) mass is 263 g/mol. The van der Waals surface area contributed by atoms with Gasteiger partial charge >= 0.3 is 7.12 Å². The molecule has 0 spiro atoms. The van der Waals surface area contributed by atoms with Crippen molar-refractivity contribution < 1.29 is 10.0 Å². The molecule has 0 aliphatic carbocycles. The van der Waals surface area contributed by atoms with E-state index in [9.17, 15) is 0 Å². The fraction of sp³-hybridized carbons (Fsp3) is 0.167. The summed E-state index contributed by atoms with van der Waals surface area (Å²) in [6.45, 7) is 1.81. The van der Waals surface area contributed by atoms with Crippen molar-refractivity contribution in [3.8, 4) is 0 Å². The van der Waals surface area contributed by atoms with Crippen LogP contribution < -0.4 is 5.46 Å². The van der Waals surface area contributed by atoms with Gasteiger partial charge in [0.2, 0.25) is 0 Å². The molecule has 0 aliphatic heterocycles. The van der Waals surface area contributed by atoms with Crippen LogP contribution in [0.25, 0.3) is 0 Å². The van der Waals surface area contributed by atoms with Crippen molar-refractivity contribution in [2.75, 3.05) is 0 Å². The van der Waals surface area contributed by atoms with E-state index in [1.807, 2.05) is 29.5 Å². The highest BCUT2D eigenvalue weighted by Gasteiger charge is 2.11. The van der Waals surface area contributed by atoms with E-state index in [0.29, 0.717) is 5.46 Å². The summed E-state index contributed by atoms with van der Waals surface area (Å²) >= 11 is 2.03. The van der Waals surface area contributed by atoms with Gasteiger partial charge in [-0.3, -0.25) is 0 Å². The Kier molecular flexibility index (Phi) is 2.86. The van der Waals surface area contributed by atoms with E-state index in [1.54, 1.807) is 12.1 Å². The summed E-state index contributed by atoms with van der Waals surface area (Å²) in [5, 5.41) is 17.6. The Balaban J connectivity index is 3.08. The number of nitrogens with zero attached hydrogens (tertiary/aromatic N) is 1. The van der Waals surface area contributed by atoms with Crippen LogP contribution in [0.1, 0.15) is 5.69 Å². The summed E-state index contributed by atoms with van der Waals surface area (Å²) in [4.78, 5) is 4.08. The fourth-order valence-electron chi connectivity index (χ4n) is 0.802. The second-order valence-electron chi connectivity index (χ2n) is 2.24. The predicted octanol–water partition coefficient (Wildman–Crippen LogP) is -0.326.